The number of hydrogen-bond acceptors (Lipinski definition) is 5. The molecular formula is C26H37FN2O6. The number of ether oxygens (including phenoxy) is 2. The summed E-state index contributed by atoms with van der Waals surface area (Å²) in [7, 11) is 1.35. The van der Waals surface area contributed by atoms with Crippen LogP contribution in [0.3, 0.4) is 0 Å². The van der Waals surface area contributed by atoms with Crippen LogP contribution in [0.5, 0.6) is 11.5 Å². The average molecular weight is 493 g/mol. The van der Waals surface area contributed by atoms with E-state index in [9.17, 15) is 23.9 Å². The van der Waals surface area contributed by atoms with E-state index >= 15 is 0 Å². The molecule has 0 heterocycles. The molecule has 2 amide bonds. The van der Waals surface area contributed by atoms with Gasteiger partial charge in [-0.1, -0.05) is 20.8 Å². The Balaban J connectivity index is 1.67. The number of aliphatic carboxylic acids is 1. The van der Waals surface area contributed by atoms with Crippen molar-refractivity contribution in [3.8, 4) is 11.5 Å². The molecule has 2 aliphatic rings. The molecule has 2 atom stereocenters. The summed E-state index contributed by atoms with van der Waals surface area (Å²) in [5.74, 6) is -2.37. The third-order valence-corrected chi connectivity index (χ3v) is 7.07. The highest BCUT2D eigenvalue weighted by Crippen LogP contribution is 2.39. The highest BCUT2D eigenvalue weighted by molar-refractivity contribution is 5.98. The number of halogens is 1. The largest absolute Gasteiger partial charge is 0.496 e. The van der Waals surface area contributed by atoms with Gasteiger partial charge in [0, 0.05) is 18.7 Å². The van der Waals surface area contributed by atoms with Gasteiger partial charge < -0.3 is 25.2 Å². The third-order valence-electron chi connectivity index (χ3n) is 7.07. The zero-order valence-electron chi connectivity index (χ0n) is 21.2. The van der Waals surface area contributed by atoms with E-state index in [0.29, 0.717) is 45.1 Å². The fourth-order valence-corrected chi connectivity index (χ4v) is 4.43. The number of methoxy groups -OCH3 is 1. The molecule has 0 bridgehead atoms. The minimum atomic E-state index is -0.841. The number of nitrogens with one attached hydrogen (secondary N) is 2. The van der Waals surface area contributed by atoms with Gasteiger partial charge in [0.05, 0.1) is 30.1 Å². The third kappa shape index (κ3) is 6.44. The summed E-state index contributed by atoms with van der Waals surface area (Å²) in [6, 6.07) is 2.12. The molecule has 194 valence electrons. The van der Waals surface area contributed by atoms with Crippen molar-refractivity contribution >= 4 is 17.8 Å². The molecule has 1 aromatic carbocycles. The monoisotopic (exact) mass is 492 g/mol. The number of carboxylic acid groups (broad SMARTS) is 1. The predicted molar refractivity (Wildman–Crippen MR) is 128 cm³/mol. The smallest absolute Gasteiger partial charge is 0.309 e. The summed E-state index contributed by atoms with van der Waals surface area (Å²) >= 11 is 0. The van der Waals surface area contributed by atoms with Crippen molar-refractivity contribution in [3.63, 3.8) is 0 Å². The number of rotatable bonds is 8. The second kappa shape index (κ2) is 10.4. The van der Waals surface area contributed by atoms with Gasteiger partial charge in [0.2, 0.25) is 5.91 Å². The van der Waals surface area contributed by atoms with Gasteiger partial charge in [-0.15, -0.1) is 0 Å². The van der Waals surface area contributed by atoms with E-state index < -0.39 is 23.1 Å². The van der Waals surface area contributed by atoms with Gasteiger partial charge in [-0.05, 0) is 56.9 Å². The molecule has 0 radical (unpaired) electrons. The van der Waals surface area contributed by atoms with E-state index in [1.807, 2.05) is 20.8 Å². The summed E-state index contributed by atoms with van der Waals surface area (Å²) in [6.07, 6.45) is 2.83. The highest BCUT2D eigenvalue weighted by atomic mass is 19.1. The van der Waals surface area contributed by atoms with Crippen LogP contribution >= 0.6 is 0 Å². The number of carboxylic acids is 1. The van der Waals surface area contributed by atoms with E-state index in [2.05, 4.69) is 10.6 Å². The molecule has 0 spiro atoms. The summed E-state index contributed by atoms with van der Waals surface area (Å²) in [5, 5.41) is 15.2. The van der Waals surface area contributed by atoms with Crippen LogP contribution in [0.15, 0.2) is 12.1 Å². The van der Waals surface area contributed by atoms with Crippen LogP contribution < -0.4 is 20.1 Å². The van der Waals surface area contributed by atoms with Crippen LogP contribution in [0, 0.1) is 22.6 Å². The molecule has 1 aromatic rings. The first-order chi connectivity index (χ1) is 16.3. The Morgan fingerprint density at radius 3 is 2.29 bits per heavy atom. The molecule has 8 nitrogen and oxygen atoms in total. The fraction of sp³-hybridized carbons (Fsp3) is 0.654. The Morgan fingerprint density at radius 1 is 1.11 bits per heavy atom. The number of carbonyl (C=O) groups is 3. The molecule has 0 aliphatic heterocycles. The molecule has 3 N–H and O–H groups in total. The SMILES string of the molecule is COc1cc(F)c(O[C@H]2CC[C@@](C)(C(=O)O)CC2)cc1C(=O)N[C@H]1CC[C@H]1C(=O)NCC(C)(C)C. The molecule has 2 fully saturated rings. The minimum Gasteiger partial charge on any atom is -0.496 e. The number of amides is 2. The maximum absolute atomic E-state index is 14.7. The predicted octanol–water partition coefficient (Wildman–Crippen LogP) is 3.92. The summed E-state index contributed by atoms with van der Waals surface area (Å²) in [5.41, 5.74) is -0.724. The summed E-state index contributed by atoms with van der Waals surface area (Å²) < 4.78 is 25.8. The van der Waals surface area contributed by atoms with Crippen molar-refractivity contribution in [3.05, 3.63) is 23.5 Å². The zero-order chi connectivity index (χ0) is 26.0. The Labute approximate surface area is 205 Å². The number of benzene rings is 1. The molecule has 0 aromatic heterocycles. The lowest BCUT2D eigenvalue weighted by molar-refractivity contribution is -0.150. The van der Waals surface area contributed by atoms with E-state index in [0.717, 1.165) is 6.07 Å². The van der Waals surface area contributed by atoms with Crippen LogP contribution in [-0.4, -0.2) is 48.7 Å². The Kier molecular flexibility index (Phi) is 7.97. The van der Waals surface area contributed by atoms with Crippen LogP contribution in [0.1, 0.15) is 76.6 Å². The minimum absolute atomic E-state index is 0.0411. The van der Waals surface area contributed by atoms with Crippen molar-refractivity contribution in [2.45, 2.75) is 78.4 Å². The van der Waals surface area contributed by atoms with Crippen LogP contribution in [0.4, 0.5) is 4.39 Å². The molecule has 9 heteroatoms. The normalized spacial score (nSPS) is 26.3. The van der Waals surface area contributed by atoms with Crippen molar-refractivity contribution < 1.29 is 33.4 Å². The molecule has 0 saturated heterocycles. The van der Waals surface area contributed by atoms with E-state index in [1.54, 1.807) is 6.92 Å². The first-order valence-electron chi connectivity index (χ1n) is 12.2. The van der Waals surface area contributed by atoms with Gasteiger partial charge in [0.1, 0.15) is 5.75 Å². The first kappa shape index (κ1) is 26.8. The number of hydrogen-bond donors (Lipinski definition) is 3. The van der Waals surface area contributed by atoms with E-state index in [4.69, 9.17) is 9.47 Å². The second-order valence-electron chi connectivity index (χ2n) is 11.2. The van der Waals surface area contributed by atoms with Crippen LogP contribution in [0.25, 0.3) is 0 Å². The van der Waals surface area contributed by atoms with Crippen molar-refractivity contribution in [1.82, 2.24) is 10.6 Å². The van der Waals surface area contributed by atoms with Crippen molar-refractivity contribution in [2.75, 3.05) is 13.7 Å². The Bertz CT molecular complexity index is 965. The fourth-order valence-electron chi connectivity index (χ4n) is 4.43. The summed E-state index contributed by atoms with van der Waals surface area (Å²) in [6.45, 7) is 8.35. The molecule has 2 aliphatic carbocycles. The van der Waals surface area contributed by atoms with Gasteiger partial charge in [0.25, 0.3) is 5.91 Å². The van der Waals surface area contributed by atoms with Crippen molar-refractivity contribution in [1.29, 1.82) is 0 Å². The van der Waals surface area contributed by atoms with Gasteiger partial charge in [-0.25, -0.2) is 4.39 Å². The summed E-state index contributed by atoms with van der Waals surface area (Å²) in [4.78, 5) is 37.1. The lowest BCUT2D eigenvalue weighted by Crippen LogP contribution is -2.53. The van der Waals surface area contributed by atoms with Gasteiger partial charge in [-0.3, -0.25) is 14.4 Å². The van der Waals surface area contributed by atoms with Gasteiger partial charge in [-0.2, -0.15) is 0 Å². The lowest BCUT2D eigenvalue weighted by Gasteiger charge is -2.36. The average Bonchev–Trinajstić information content (AvgIpc) is 2.77. The van der Waals surface area contributed by atoms with Crippen LogP contribution in [0.2, 0.25) is 0 Å². The molecule has 2 saturated carbocycles. The Morgan fingerprint density at radius 2 is 1.77 bits per heavy atom. The van der Waals surface area contributed by atoms with Gasteiger partial charge in [0.15, 0.2) is 11.6 Å². The van der Waals surface area contributed by atoms with E-state index in [-0.39, 0.29) is 46.4 Å². The molecule has 0 unspecified atom stereocenters. The van der Waals surface area contributed by atoms with Crippen molar-refractivity contribution in [2.24, 2.45) is 16.7 Å². The Hall–Kier alpha value is -2.84. The highest BCUT2D eigenvalue weighted by Gasteiger charge is 2.39. The maximum atomic E-state index is 14.7. The molecular weight excluding hydrogens is 455 g/mol. The zero-order valence-corrected chi connectivity index (χ0v) is 21.2. The maximum Gasteiger partial charge on any atom is 0.309 e. The van der Waals surface area contributed by atoms with Crippen LogP contribution in [-0.2, 0) is 9.59 Å². The quantitative estimate of drug-likeness (QED) is 0.507. The molecule has 35 heavy (non-hydrogen) atoms. The second-order valence-corrected chi connectivity index (χ2v) is 11.2. The number of carbonyl (C=O) groups excluding carboxylic acids is 2. The van der Waals surface area contributed by atoms with E-state index in [1.165, 1.54) is 13.2 Å². The topological polar surface area (TPSA) is 114 Å². The van der Waals surface area contributed by atoms with Gasteiger partial charge >= 0.3 is 5.97 Å². The first-order valence-corrected chi connectivity index (χ1v) is 12.2. The lowest BCUT2D eigenvalue weighted by atomic mass is 9.75. The molecule has 3 rings (SSSR count). The standard InChI is InChI=1S/C26H37FN2O6/c1-25(2,3)14-28-22(30)16-6-7-19(16)29-23(31)17-12-21(18(27)13-20(17)34-5)35-15-8-10-26(4,11-9-15)24(32)33/h12-13,15-16,19H,6-11,14H2,1-5H3,(H,28,30)(H,29,31)(H,32,33)/t15-,16-,19+,26+/m1/s1.